The fourth-order valence-corrected chi connectivity index (χ4v) is 1.29. The summed E-state index contributed by atoms with van der Waals surface area (Å²) in [5, 5.41) is 2.69. The normalized spacial score (nSPS) is 10.2. The molecule has 0 bridgehead atoms. The number of carbonyl (C=O) groups is 1. The van der Waals surface area contributed by atoms with Gasteiger partial charge in [-0.3, -0.25) is 9.63 Å². The van der Waals surface area contributed by atoms with Crippen molar-refractivity contribution in [2.45, 2.75) is 6.92 Å². The van der Waals surface area contributed by atoms with Crippen molar-refractivity contribution < 1.29 is 19.1 Å². The van der Waals surface area contributed by atoms with Crippen molar-refractivity contribution in [3.05, 3.63) is 23.8 Å². The van der Waals surface area contributed by atoms with Crippen LogP contribution in [0, 0.1) is 6.92 Å². The SMILES string of the molecule is CO[n+]1cc(C(=O)NCCOCCN)ncc1C. The zero-order valence-electron chi connectivity index (χ0n) is 10.7. The maximum atomic E-state index is 11.7. The third-order valence-corrected chi connectivity index (χ3v) is 2.20. The quantitative estimate of drug-likeness (QED) is 0.454. The van der Waals surface area contributed by atoms with E-state index in [2.05, 4.69) is 10.3 Å². The molecule has 7 nitrogen and oxygen atoms in total. The Kier molecular flexibility index (Phi) is 6.03. The summed E-state index contributed by atoms with van der Waals surface area (Å²) in [6.45, 7) is 3.64. The van der Waals surface area contributed by atoms with Gasteiger partial charge in [0.2, 0.25) is 5.69 Å². The molecular formula is C11H19N4O3+. The third kappa shape index (κ3) is 4.27. The number of amides is 1. The van der Waals surface area contributed by atoms with Crippen LogP contribution in [0.1, 0.15) is 16.2 Å². The fourth-order valence-electron chi connectivity index (χ4n) is 1.29. The monoisotopic (exact) mass is 255 g/mol. The van der Waals surface area contributed by atoms with Crippen LogP contribution < -0.4 is 20.6 Å². The molecule has 100 valence electrons. The molecule has 0 spiro atoms. The smallest absolute Gasteiger partial charge is 0.276 e. The molecule has 0 aliphatic carbocycles. The largest absolute Gasteiger partial charge is 0.378 e. The third-order valence-electron chi connectivity index (χ3n) is 2.20. The summed E-state index contributed by atoms with van der Waals surface area (Å²) in [6, 6.07) is 0. The Bertz CT molecular complexity index is 398. The van der Waals surface area contributed by atoms with Crippen molar-refractivity contribution >= 4 is 5.91 Å². The molecule has 0 radical (unpaired) electrons. The second-order valence-electron chi connectivity index (χ2n) is 3.58. The van der Waals surface area contributed by atoms with Gasteiger partial charge in [-0.15, -0.1) is 0 Å². The Balaban J connectivity index is 2.46. The fraction of sp³-hybridized carbons (Fsp3) is 0.545. The van der Waals surface area contributed by atoms with Gasteiger partial charge in [0.15, 0.2) is 5.69 Å². The van der Waals surface area contributed by atoms with Crippen LogP contribution in [0.25, 0.3) is 0 Å². The first-order chi connectivity index (χ1) is 8.69. The lowest BCUT2D eigenvalue weighted by molar-refractivity contribution is -0.890. The second kappa shape index (κ2) is 7.57. The topological polar surface area (TPSA) is 90.3 Å². The van der Waals surface area contributed by atoms with E-state index >= 15 is 0 Å². The minimum atomic E-state index is -0.267. The van der Waals surface area contributed by atoms with Crippen molar-refractivity contribution in [3.63, 3.8) is 0 Å². The number of hydrogen-bond acceptors (Lipinski definition) is 5. The van der Waals surface area contributed by atoms with E-state index in [0.29, 0.717) is 32.0 Å². The highest BCUT2D eigenvalue weighted by atomic mass is 16.6. The van der Waals surface area contributed by atoms with Crippen molar-refractivity contribution in [1.29, 1.82) is 0 Å². The van der Waals surface area contributed by atoms with E-state index in [-0.39, 0.29) is 5.91 Å². The molecule has 0 fully saturated rings. The highest BCUT2D eigenvalue weighted by molar-refractivity contribution is 5.91. The number of nitrogens with zero attached hydrogens (tertiary/aromatic N) is 2. The zero-order chi connectivity index (χ0) is 13.4. The average Bonchev–Trinajstić information content (AvgIpc) is 2.38. The van der Waals surface area contributed by atoms with Crippen LogP contribution in [-0.2, 0) is 4.74 Å². The lowest BCUT2D eigenvalue weighted by Crippen LogP contribution is -2.45. The lowest BCUT2D eigenvalue weighted by atomic mass is 10.4. The summed E-state index contributed by atoms with van der Waals surface area (Å²) in [6.07, 6.45) is 3.11. The van der Waals surface area contributed by atoms with Crippen molar-refractivity contribution in [2.75, 3.05) is 33.4 Å². The molecule has 0 atom stereocenters. The van der Waals surface area contributed by atoms with Gasteiger partial charge in [-0.2, -0.15) is 0 Å². The highest BCUT2D eigenvalue weighted by Gasteiger charge is 2.15. The van der Waals surface area contributed by atoms with Crippen molar-refractivity contribution in [1.82, 2.24) is 10.3 Å². The molecule has 0 saturated heterocycles. The molecule has 1 aromatic rings. The van der Waals surface area contributed by atoms with E-state index < -0.39 is 0 Å². The maximum absolute atomic E-state index is 11.7. The van der Waals surface area contributed by atoms with E-state index in [1.165, 1.54) is 18.0 Å². The summed E-state index contributed by atoms with van der Waals surface area (Å²) < 4.78 is 6.62. The van der Waals surface area contributed by atoms with Crippen molar-refractivity contribution in [2.24, 2.45) is 5.73 Å². The first-order valence-electron chi connectivity index (χ1n) is 5.68. The number of rotatable bonds is 7. The van der Waals surface area contributed by atoms with Crippen LogP contribution >= 0.6 is 0 Å². The van der Waals surface area contributed by atoms with Crippen LogP contribution in [0.3, 0.4) is 0 Å². The number of carbonyl (C=O) groups excluding carboxylic acids is 1. The second-order valence-corrected chi connectivity index (χ2v) is 3.58. The summed E-state index contributed by atoms with van der Waals surface area (Å²) in [5.74, 6) is -0.267. The average molecular weight is 255 g/mol. The van der Waals surface area contributed by atoms with Crippen LogP contribution in [0.15, 0.2) is 12.4 Å². The van der Waals surface area contributed by atoms with E-state index in [0.717, 1.165) is 5.69 Å². The Hall–Kier alpha value is -1.73. The summed E-state index contributed by atoms with van der Waals surface area (Å²) in [5.41, 5.74) is 6.37. The molecule has 0 aromatic carbocycles. The van der Waals surface area contributed by atoms with E-state index in [4.69, 9.17) is 15.3 Å². The molecule has 1 amide bonds. The Morgan fingerprint density at radius 2 is 2.33 bits per heavy atom. The van der Waals surface area contributed by atoms with E-state index in [1.54, 1.807) is 6.20 Å². The molecule has 0 aliphatic heterocycles. The van der Waals surface area contributed by atoms with Gasteiger partial charge in [-0.25, -0.2) is 4.98 Å². The molecule has 7 heteroatoms. The number of nitrogens with two attached hydrogens (primary N) is 1. The predicted octanol–water partition coefficient (Wildman–Crippen LogP) is -1.56. The Morgan fingerprint density at radius 1 is 1.56 bits per heavy atom. The van der Waals surface area contributed by atoms with Gasteiger partial charge in [0.05, 0.1) is 19.4 Å². The van der Waals surface area contributed by atoms with Gasteiger partial charge in [0.25, 0.3) is 12.1 Å². The van der Waals surface area contributed by atoms with Gasteiger partial charge in [-0.1, -0.05) is 0 Å². The zero-order valence-corrected chi connectivity index (χ0v) is 10.7. The van der Waals surface area contributed by atoms with Crippen LogP contribution in [0.2, 0.25) is 0 Å². The summed E-state index contributed by atoms with van der Waals surface area (Å²) in [4.78, 5) is 20.8. The number of hydrogen-bond donors (Lipinski definition) is 2. The molecule has 0 unspecified atom stereocenters. The van der Waals surface area contributed by atoms with Gasteiger partial charge < -0.3 is 15.8 Å². The number of aryl methyl sites for hydroxylation is 1. The minimum Gasteiger partial charge on any atom is -0.378 e. The molecule has 0 aliphatic rings. The minimum absolute atomic E-state index is 0.267. The maximum Gasteiger partial charge on any atom is 0.276 e. The standard InChI is InChI=1S/C11H18N4O3/c1-9-7-14-10(8-15(9)17-2)11(16)13-4-6-18-5-3-12/h7-8H,3-6,12H2,1-2H3/p+1. The number of nitrogens with one attached hydrogen (secondary N) is 1. The lowest BCUT2D eigenvalue weighted by Gasteiger charge is -2.04. The van der Waals surface area contributed by atoms with Crippen molar-refractivity contribution in [3.8, 4) is 0 Å². The van der Waals surface area contributed by atoms with E-state index in [9.17, 15) is 4.79 Å². The highest BCUT2D eigenvalue weighted by Crippen LogP contribution is 1.91. The first kappa shape index (κ1) is 14.3. The summed E-state index contributed by atoms with van der Waals surface area (Å²) in [7, 11) is 1.52. The van der Waals surface area contributed by atoms with Crippen LogP contribution in [0.5, 0.6) is 0 Å². The molecule has 3 N–H and O–H groups in total. The van der Waals surface area contributed by atoms with Gasteiger partial charge in [-0.05, 0) is 0 Å². The predicted molar refractivity (Wildman–Crippen MR) is 63.9 cm³/mol. The number of ether oxygens (including phenoxy) is 1. The molecule has 1 aromatic heterocycles. The molecule has 1 heterocycles. The first-order valence-corrected chi connectivity index (χ1v) is 5.68. The van der Waals surface area contributed by atoms with Crippen LogP contribution in [0.4, 0.5) is 0 Å². The molecule has 18 heavy (non-hydrogen) atoms. The number of aromatic nitrogens is 2. The van der Waals surface area contributed by atoms with Gasteiger partial charge in [0.1, 0.15) is 7.11 Å². The summed E-state index contributed by atoms with van der Waals surface area (Å²) >= 11 is 0. The Labute approximate surface area is 106 Å². The van der Waals surface area contributed by atoms with Gasteiger partial charge in [0, 0.05) is 24.7 Å². The Morgan fingerprint density at radius 3 is 3.00 bits per heavy atom. The van der Waals surface area contributed by atoms with Gasteiger partial charge >= 0.3 is 0 Å². The van der Waals surface area contributed by atoms with E-state index in [1.807, 2.05) is 6.92 Å². The molecule has 0 saturated carbocycles. The molecular weight excluding hydrogens is 236 g/mol. The van der Waals surface area contributed by atoms with Crippen LogP contribution in [-0.4, -0.2) is 44.3 Å². The molecule has 1 rings (SSSR count).